The van der Waals surface area contributed by atoms with Crippen LogP contribution in [0.15, 0.2) is 22.4 Å². The second-order valence-electron chi connectivity index (χ2n) is 2.97. The highest BCUT2D eigenvalue weighted by Gasteiger charge is 2.23. The van der Waals surface area contributed by atoms with Crippen molar-refractivity contribution in [1.82, 2.24) is 0 Å². The van der Waals surface area contributed by atoms with Crippen LogP contribution in [0.2, 0.25) is 0 Å². The first-order valence-electron chi connectivity index (χ1n) is 4.33. The molecule has 0 aliphatic heterocycles. The monoisotopic (exact) mass is 254 g/mol. The number of nitro benzene ring substituents is 2. The minimum absolute atomic E-state index is 0.164. The van der Waals surface area contributed by atoms with Gasteiger partial charge in [0.2, 0.25) is 0 Å². The molecule has 0 bridgehead atoms. The third-order valence-corrected chi connectivity index (χ3v) is 1.96. The summed E-state index contributed by atoms with van der Waals surface area (Å²) in [6.07, 6.45) is 1.49. The van der Waals surface area contributed by atoms with Gasteiger partial charge in [0.05, 0.1) is 39.5 Å². The Kier molecular flexibility index (Phi) is 3.86. The molecule has 0 spiro atoms. The minimum Gasteiger partial charge on any atom is -0.411 e. The first-order chi connectivity index (χ1) is 8.51. The van der Waals surface area contributed by atoms with Gasteiger partial charge in [0.25, 0.3) is 11.4 Å². The highest BCUT2D eigenvalue weighted by atomic mass is 16.6. The standard InChI is InChI=1S/C8H6N4O6/c13-9-3-5-1-6(4-10-14)8(12(17)18)2-7(5)11(15)16/h1-4,13-14H/b9-3-,10-4-. The van der Waals surface area contributed by atoms with Crippen molar-refractivity contribution in [3.8, 4) is 0 Å². The van der Waals surface area contributed by atoms with E-state index in [4.69, 9.17) is 10.4 Å². The summed E-state index contributed by atoms with van der Waals surface area (Å²) >= 11 is 0. The van der Waals surface area contributed by atoms with Gasteiger partial charge in [0.1, 0.15) is 0 Å². The number of rotatable bonds is 4. The first-order valence-corrected chi connectivity index (χ1v) is 4.33. The molecule has 0 aromatic heterocycles. The fourth-order valence-electron chi connectivity index (χ4n) is 1.26. The molecule has 1 rings (SSSR count). The molecule has 18 heavy (non-hydrogen) atoms. The van der Waals surface area contributed by atoms with E-state index in [-0.39, 0.29) is 11.1 Å². The van der Waals surface area contributed by atoms with Gasteiger partial charge in [-0.2, -0.15) is 0 Å². The molecule has 0 radical (unpaired) electrons. The van der Waals surface area contributed by atoms with E-state index in [0.717, 1.165) is 18.5 Å². The fraction of sp³-hybridized carbons (Fsp3) is 0. The molecule has 1 aromatic rings. The largest absolute Gasteiger partial charge is 0.411 e. The van der Waals surface area contributed by atoms with Crippen LogP contribution in [0, 0.1) is 20.2 Å². The van der Waals surface area contributed by atoms with Crippen molar-refractivity contribution in [3.63, 3.8) is 0 Å². The molecule has 0 heterocycles. The van der Waals surface area contributed by atoms with Crippen LogP contribution in [-0.4, -0.2) is 32.7 Å². The summed E-state index contributed by atoms with van der Waals surface area (Å²) in [5.74, 6) is 0. The summed E-state index contributed by atoms with van der Waals surface area (Å²) in [5.41, 5.74) is -1.53. The minimum atomic E-state index is -0.857. The van der Waals surface area contributed by atoms with Gasteiger partial charge in [-0.15, -0.1) is 0 Å². The number of oxime groups is 2. The molecule has 0 aliphatic carbocycles. The predicted octanol–water partition coefficient (Wildman–Crippen LogP) is 1.12. The molecule has 0 atom stereocenters. The number of nitrogens with zero attached hydrogens (tertiary/aromatic N) is 4. The lowest BCUT2D eigenvalue weighted by Crippen LogP contribution is -2.01. The van der Waals surface area contributed by atoms with Crippen molar-refractivity contribution < 1.29 is 20.3 Å². The Balaban J connectivity index is 3.59. The number of hydrogen-bond donors (Lipinski definition) is 2. The fourth-order valence-corrected chi connectivity index (χ4v) is 1.26. The van der Waals surface area contributed by atoms with E-state index in [9.17, 15) is 20.2 Å². The lowest BCUT2D eigenvalue weighted by atomic mass is 10.1. The van der Waals surface area contributed by atoms with Crippen LogP contribution in [0.3, 0.4) is 0 Å². The van der Waals surface area contributed by atoms with Crippen molar-refractivity contribution >= 4 is 23.8 Å². The Morgan fingerprint density at radius 3 is 1.61 bits per heavy atom. The SMILES string of the molecule is O=[N+]([O-])c1cc([N+](=O)[O-])c(/C=N\O)cc1/C=N\O. The maximum atomic E-state index is 10.7. The molecular weight excluding hydrogens is 248 g/mol. The smallest absolute Gasteiger partial charge is 0.285 e. The molecule has 0 aliphatic rings. The van der Waals surface area contributed by atoms with Gasteiger partial charge in [0.15, 0.2) is 0 Å². The Morgan fingerprint density at radius 2 is 1.33 bits per heavy atom. The van der Waals surface area contributed by atoms with Crippen molar-refractivity contribution in [1.29, 1.82) is 0 Å². The average molecular weight is 254 g/mol. The van der Waals surface area contributed by atoms with Gasteiger partial charge >= 0.3 is 0 Å². The van der Waals surface area contributed by atoms with Gasteiger partial charge in [-0.3, -0.25) is 20.2 Å². The van der Waals surface area contributed by atoms with Crippen LogP contribution in [-0.2, 0) is 0 Å². The predicted molar refractivity (Wildman–Crippen MR) is 58.5 cm³/mol. The summed E-state index contributed by atoms with van der Waals surface area (Å²) in [5, 5.41) is 43.3. The van der Waals surface area contributed by atoms with Crippen molar-refractivity contribution in [2.75, 3.05) is 0 Å². The van der Waals surface area contributed by atoms with Crippen molar-refractivity contribution in [3.05, 3.63) is 43.5 Å². The second-order valence-corrected chi connectivity index (χ2v) is 2.97. The Labute approximate surface area is 98.8 Å². The van der Waals surface area contributed by atoms with Gasteiger partial charge in [-0.25, -0.2) is 0 Å². The van der Waals surface area contributed by atoms with E-state index >= 15 is 0 Å². The summed E-state index contributed by atoms with van der Waals surface area (Å²) in [6.45, 7) is 0. The molecule has 94 valence electrons. The molecule has 2 N–H and O–H groups in total. The van der Waals surface area contributed by atoms with Crippen molar-refractivity contribution in [2.24, 2.45) is 10.3 Å². The van der Waals surface area contributed by atoms with Gasteiger partial charge in [-0.1, -0.05) is 10.3 Å². The highest BCUT2D eigenvalue weighted by Crippen LogP contribution is 2.27. The van der Waals surface area contributed by atoms with Crippen LogP contribution in [0.5, 0.6) is 0 Å². The molecule has 0 saturated heterocycles. The number of benzene rings is 1. The van der Waals surface area contributed by atoms with E-state index in [1.54, 1.807) is 0 Å². The Bertz CT molecular complexity index is 508. The highest BCUT2D eigenvalue weighted by molar-refractivity contribution is 5.93. The van der Waals surface area contributed by atoms with Gasteiger partial charge in [0, 0.05) is 0 Å². The topological polar surface area (TPSA) is 151 Å². The molecule has 0 unspecified atom stereocenters. The molecule has 1 aromatic carbocycles. The maximum Gasteiger partial charge on any atom is 0.285 e. The lowest BCUT2D eigenvalue weighted by molar-refractivity contribution is -0.394. The molecule has 0 amide bonds. The summed E-state index contributed by atoms with van der Waals surface area (Å²) in [7, 11) is 0. The quantitative estimate of drug-likeness (QED) is 0.355. The second kappa shape index (κ2) is 5.34. The number of hydrogen-bond acceptors (Lipinski definition) is 8. The third kappa shape index (κ3) is 2.55. The lowest BCUT2D eigenvalue weighted by Gasteiger charge is -2.00. The van der Waals surface area contributed by atoms with E-state index in [1.165, 1.54) is 0 Å². The van der Waals surface area contributed by atoms with Gasteiger partial charge in [-0.05, 0) is 6.07 Å². The van der Waals surface area contributed by atoms with E-state index in [2.05, 4.69) is 10.3 Å². The van der Waals surface area contributed by atoms with E-state index < -0.39 is 21.2 Å². The summed E-state index contributed by atoms with van der Waals surface area (Å²) in [6, 6.07) is 1.68. The van der Waals surface area contributed by atoms with Crippen molar-refractivity contribution in [2.45, 2.75) is 0 Å². The maximum absolute atomic E-state index is 10.7. The molecule has 0 fully saturated rings. The van der Waals surface area contributed by atoms with E-state index in [1.807, 2.05) is 0 Å². The molecular formula is C8H6N4O6. The zero-order valence-electron chi connectivity index (χ0n) is 8.63. The van der Waals surface area contributed by atoms with Crippen LogP contribution < -0.4 is 0 Å². The zero-order chi connectivity index (χ0) is 13.7. The molecule has 10 nitrogen and oxygen atoms in total. The van der Waals surface area contributed by atoms with Crippen LogP contribution >= 0.6 is 0 Å². The van der Waals surface area contributed by atoms with E-state index in [0.29, 0.717) is 6.07 Å². The third-order valence-electron chi connectivity index (χ3n) is 1.96. The normalized spacial score (nSPS) is 11.1. The summed E-state index contributed by atoms with van der Waals surface area (Å²) < 4.78 is 0. The Morgan fingerprint density at radius 1 is 0.944 bits per heavy atom. The summed E-state index contributed by atoms with van der Waals surface area (Å²) in [4.78, 5) is 19.7. The van der Waals surface area contributed by atoms with Crippen LogP contribution in [0.4, 0.5) is 11.4 Å². The number of nitro groups is 2. The average Bonchev–Trinajstić information content (AvgIpc) is 2.29. The van der Waals surface area contributed by atoms with Gasteiger partial charge < -0.3 is 10.4 Å². The first kappa shape index (κ1) is 13.0. The van der Waals surface area contributed by atoms with Crippen LogP contribution in [0.1, 0.15) is 11.1 Å². The molecule has 10 heteroatoms. The zero-order valence-corrected chi connectivity index (χ0v) is 8.63. The van der Waals surface area contributed by atoms with Crippen LogP contribution in [0.25, 0.3) is 0 Å². The Hall–Kier alpha value is -3.04. The molecule has 0 saturated carbocycles.